The summed E-state index contributed by atoms with van der Waals surface area (Å²) in [6.45, 7) is 7.40. The van der Waals surface area contributed by atoms with Crippen molar-refractivity contribution in [2.75, 3.05) is 13.2 Å². The Morgan fingerprint density at radius 2 is 2.10 bits per heavy atom. The second-order valence-electron chi connectivity index (χ2n) is 3.17. The standard InChI is InChI=1S/C8H16O2/c1-4-10-7-8(2,3)5-6-9/h6H,4-5,7H2,1-3H3. The second-order valence-corrected chi connectivity index (χ2v) is 3.17. The van der Waals surface area contributed by atoms with Gasteiger partial charge in [-0.1, -0.05) is 13.8 Å². The molecule has 0 radical (unpaired) electrons. The van der Waals surface area contributed by atoms with Crippen LogP contribution < -0.4 is 0 Å². The SMILES string of the molecule is CCOCC(C)(C)CC=O. The highest BCUT2D eigenvalue weighted by atomic mass is 16.5. The van der Waals surface area contributed by atoms with Crippen molar-refractivity contribution < 1.29 is 9.53 Å². The van der Waals surface area contributed by atoms with Gasteiger partial charge in [0.2, 0.25) is 0 Å². The van der Waals surface area contributed by atoms with E-state index in [1.165, 1.54) is 0 Å². The number of hydrogen-bond acceptors (Lipinski definition) is 2. The summed E-state index contributed by atoms with van der Waals surface area (Å²) in [5, 5.41) is 0. The summed E-state index contributed by atoms with van der Waals surface area (Å²) >= 11 is 0. The Hall–Kier alpha value is -0.370. The Labute approximate surface area is 62.6 Å². The van der Waals surface area contributed by atoms with E-state index in [0.717, 1.165) is 12.9 Å². The highest BCUT2D eigenvalue weighted by molar-refractivity contribution is 5.50. The van der Waals surface area contributed by atoms with E-state index in [2.05, 4.69) is 0 Å². The third-order valence-electron chi connectivity index (χ3n) is 1.33. The molecule has 60 valence electrons. The lowest BCUT2D eigenvalue weighted by Crippen LogP contribution is -2.19. The van der Waals surface area contributed by atoms with E-state index in [-0.39, 0.29) is 5.41 Å². The van der Waals surface area contributed by atoms with E-state index in [9.17, 15) is 4.79 Å². The predicted octanol–water partition coefficient (Wildman–Crippen LogP) is 1.64. The molecule has 0 N–H and O–H groups in total. The maximum atomic E-state index is 10.1. The van der Waals surface area contributed by atoms with Crippen LogP contribution in [0.3, 0.4) is 0 Å². The molecule has 0 aliphatic heterocycles. The fourth-order valence-corrected chi connectivity index (χ4v) is 0.663. The Balaban J connectivity index is 3.51. The fraction of sp³-hybridized carbons (Fsp3) is 0.875. The summed E-state index contributed by atoms with van der Waals surface area (Å²) in [6.07, 6.45) is 1.52. The average molecular weight is 144 g/mol. The first-order chi connectivity index (χ1) is 4.62. The molecule has 0 saturated carbocycles. The van der Waals surface area contributed by atoms with E-state index in [1.54, 1.807) is 0 Å². The first-order valence-corrected chi connectivity index (χ1v) is 3.64. The molecule has 0 unspecified atom stereocenters. The van der Waals surface area contributed by atoms with Crippen LogP contribution in [0.25, 0.3) is 0 Å². The fourth-order valence-electron chi connectivity index (χ4n) is 0.663. The molecule has 0 fully saturated rings. The number of carbonyl (C=O) groups excluding carboxylic acids is 1. The average Bonchev–Trinajstić information content (AvgIpc) is 1.84. The Morgan fingerprint density at radius 3 is 2.50 bits per heavy atom. The molecule has 0 aliphatic carbocycles. The smallest absolute Gasteiger partial charge is 0.120 e. The molecular formula is C8H16O2. The van der Waals surface area contributed by atoms with Crippen LogP contribution in [-0.2, 0) is 9.53 Å². The van der Waals surface area contributed by atoms with Gasteiger partial charge in [0.15, 0.2) is 0 Å². The predicted molar refractivity (Wildman–Crippen MR) is 41.0 cm³/mol. The van der Waals surface area contributed by atoms with Gasteiger partial charge in [0.25, 0.3) is 0 Å². The van der Waals surface area contributed by atoms with Crippen LogP contribution in [0.15, 0.2) is 0 Å². The number of rotatable bonds is 5. The summed E-state index contributed by atoms with van der Waals surface area (Å²) in [6, 6.07) is 0. The van der Waals surface area contributed by atoms with E-state index in [1.807, 2.05) is 20.8 Å². The Morgan fingerprint density at radius 1 is 1.50 bits per heavy atom. The van der Waals surface area contributed by atoms with Gasteiger partial charge in [0, 0.05) is 13.0 Å². The minimum Gasteiger partial charge on any atom is -0.381 e. The molecule has 0 aromatic heterocycles. The molecule has 0 aromatic rings. The number of ether oxygens (including phenoxy) is 1. The van der Waals surface area contributed by atoms with E-state index in [4.69, 9.17) is 4.74 Å². The zero-order valence-electron chi connectivity index (χ0n) is 7.02. The van der Waals surface area contributed by atoms with Crippen molar-refractivity contribution in [3.63, 3.8) is 0 Å². The van der Waals surface area contributed by atoms with Crippen molar-refractivity contribution in [1.82, 2.24) is 0 Å². The first kappa shape index (κ1) is 9.63. The lowest BCUT2D eigenvalue weighted by Gasteiger charge is -2.20. The summed E-state index contributed by atoms with van der Waals surface area (Å²) in [4.78, 5) is 10.1. The molecule has 0 heterocycles. The maximum absolute atomic E-state index is 10.1. The highest BCUT2D eigenvalue weighted by Gasteiger charge is 2.16. The van der Waals surface area contributed by atoms with Crippen molar-refractivity contribution in [1.29, 1.82) is 0 Å². The summed E-state index contributed by atoms with van der Waals surface area (Å²) in [7, 11) is 0. The zero-order chi connectivity index (χ0) is 8.04. The molecule has 10 heavy (non-hydrogen) atoms. The van der Waals surface area contributed by atoms with Gasteiger partial charge in [-0.15, -0.1) is 0 Å². The minimum absolute atomic E-state index is 0.0117. The van der Waals surface area contributed by atoms with Gasteiger partial charge in [-0.2, -0.15) is 0 Å². The third kappa shape index (κ3) is 4.50. The summed E-state index contributed by atoms with van der Waals surface area (Å²) < 4.78 is 5.19. The highest BCUT2D eigenvalue weighted by Crippen LogP contribution is 2.18. The lowest BCUT2D eigenvalue weighted by atomic mass is 9.91. The van der Waals surface area contributed by atoms with Crippen LogP contribution in [-0.4, -0.2) is 19.5 Å². The quantitative estimate of drug-likeness (QED) is 0.548. The summed E-state index contributed by atoms with van der Waals surface area (Å²) in [5.41, 5.74) is 0.0117. The maximum Gasteiger partial charge on any atom is 0.120 e. The number of carbonyl (C=O) groups is 1. The van der Waals surface area contributed by atoms with E-state index < -0.39 is 0 Å². The molecule has 0 atom stereocenters. The monoisotopic (exact) mass is 144 g/mol. The number of aldehydes is 1. The second kappa shape index (κ2) is 4.45. The van der Waals surface area contributed by atoms with Crippen molar-refractivity contribution in [2.45, 2.75) is 27.2 Å². The lowest BCUT2D eigenvalue weighted by molar-refractivity contribution is -0.110. The molecule has 0 aliphatic rings. The van der Waals surface area contributed by atoms with Crippen LogP contribution >= 0.6 is 0 Å². The van der Waals surface area contributed by atoms with Crippen LogP contribution in [0.2, 0.25) is 0 Å². The minimum atomic E-state index is 0.0117. The van der Waals surface area contributed by atoms with Gasteiger partial charge in [-0.3, -0.25) is 0 Å². The third-order valence-corrected chi connectivity index (χ3v) is 1.33. The molecule has 0 bridgehead atoms. The molecule has 2 nitrogen and oxygen atoms in total. The van der Waals surface area contributed by atoms with Crippen molar-refractivity contribution in [3.8, 4) is 0 Å². The summed E-state index contributed by atoms with van der Waals surface area (Å²) in [5.74, 6) is 0. The Bertz CT molecular complexity index is 97.4. The van der Waals surface area contributed by atoms with Gasteiger partial charge in [-0.25, -0.2) is 0 Å². The molecule has 2 heteroatoms. The van der Waals surface area contributed by atoms with Crippen LogP contribution in [0.1, 0.15) is 27.2 Å². The molecule has 0 amide bonds. The van der Waals surface area contributed by atoms with Crippen LogP contribution in [0, 0.1) is 5.41 Å². The van der Waals surface area contributed by atoms with Crippen molar-refractivity contribution in [3.05, 3.63) is 0 Å². The van der Waals surface area contributed by atoms with Crippen molar-refractivity contribution >= 4 is 6.29 Å². The number of hydrogen-bond donors (Lipinski definition) is 0. The van der Waals surface area contributed by atoms with Gasteiger partial charge in [-0.05, 0) is 12.3 Å². The van der Waals surface area contributed by atoms with Crippen LogP contribution in [0.5, 0.6) is 0 Å². The largest absolute Gasteiger partial charge is 0.381 e. The first-order valence-electron chi connectivity index (χ1n) is 3.64. The van der Waals surface area contributed by atoms with Crippen molar-refractivity contribution in [2.24, 2.45) is 5.41 Å². The molecule has 0 spiro atoms. The zero-order valence-corrected chi connectivity index (χ0v) is 7.02. The Kier molecular flexibility index (Phi) is 4.28. The van der Waals surface area contributed by atoms with Gasteiger partial charge >= 0.3 is 0 Å². The van der Waals surface area contributed by atoms with E-state index >= 15 is 0 Å². The van der Waals surface area contributed by atoms with Gasteiger partial charge < -0.3 is 9.53 Å². The molecule has 0 rings (SSSR count). The van der Waals surface area contributed by atoms with Gasteiger partial charge in [0.1, 0.15) is 6.29 Å². The molecule has 0 saturated heterocycles. The molecule has 0 aromatic carbocycles. The normalized spacial score (nSPS) is 11.5. The van der Waals surface area contributed by atoms with Crippen LogP contribution in [0.4, 0.5) is 0 Å². The molecular weight excluding hydrogens is 128 g/mol. The van der Waals surface area contributed by atoms with E-state index in [0.29, 0.717) is 13.0 Å². The topological polar surface area (TPSA) is 26.3 Å². The van der Waals surface area contributed by atoms with Gasteiger partial charge in [0.05, 0.1) is 6.61 Å².